The zero-order valence-electron chi connectivity index (χ0n) is 13.1. The van der Waals surface area contributed by atoms with Gasteiger partial charge in [-0.25, -0.2) is 0 Å². The van der Waals surface area contributed by atoms with E-state index in [0.717, 1.165) is 22.4 Å². The van der Waals surface area contributed by atoms with Gasteiger partial charge in [0.25, 0.3) is 5.91 Å². The van der Waals surface area contributed by atoms with E-state index < -0.39 is 0 Å². The van der Waals surface area contributed by atoms with E-state index in [4.69, 9.17) is 4.74 Å². The van der Waals surface area contributed by atoms with E-state index in [1.165, 1.54) is 0 Å². The Balaban J connectivity index is 1.71. The van der Waals surface area contributed by atoms with Crippen LogP contribution >= 0.6 is 11.3 Å². The second-order valence-corrected chi connectivity index (χ2v) is 6.60. The van der Waals surface area contributed by atoms with Crippen molar-refractivity contribution in [1.29, 1.82) is 0 Å². The third-order valence-electron chi connectivity index (χ3n) is 4.22. The van der Waals surface area contributed by atoms with Crippen molar-refractivity contribution in [3.05, 3.63) is 88.1 Å². The standard InChI is InChI=1S/C20H17NO2S/c22-20(17-10-11-24-14-17)21-12-16-8-4-5-9-18(16)23-19(13-21)15-6-2-1-3-7-15/h1-11,14,19H,12-13H2/t19-/m0/s1. The minimum Gasteiger partial charge on any atom is -0.484 e. The molecule has 0 saturated heterocycles. The van der Waals surface area contributed by atoms with Crippen molar-refractivity contribution in [1.82, 2.24) is 4.90 Å². The largest absolute Gasteiger partial charge is 0.484 e. The van der Waals surface area contributed by atoms with Crippen molar-refractivity contribution in [3.8, 4) is 5.75 Å². The van der Waals surface area contributed by atoms with Crippen LogP contribution in [0.25, 0.3) is 0 Å². The number of rotatable bonds is 2. The van der Waals surface area contributed by atoms with Gasteiger partial charge in [-0.05, 0) is 23.1 Å². The van der Waals surface area contributed by atoms with Crippen LogP contribution in [0, 0.1) is 0 Å². The Bertz CT molecular complexity index is 830. The van der Waals surface area contributed by atoms with Gasteiger partial charge in [0.2, 0.25) is 0 Å². The number of nitrogens with zero attached hydrogens (tertiary/aromatic N) is 1. The van der Waals surface area contributed by atoms with Crippen molar-refractivity contribution < 1.29 is 9.53 Å². The molecule has 4 heteroatoms. The molecule has 1 amide bonds. The summed E-state index contributed by atoms with van der Waals surface area (Å²) in [5.41, 5.74) is 2.86. The molecule has 1 aromatic heterocycles. The van der Waals surface area contributed by atoms with Crippen LogP contribution in [0.2, 0.25) is 0 Å². The lowest BCUT2D eigenvalue weighted by atomic mass is 10.1. The SMILES string of the molecule is O=C(c1ccsc1)N1Cc2ccccc2O[C@H](c2ccccc2)C1. The van der Waals surface area contributed by atoms with Crippen molar-refractivity contribution in [3.63, 3.8) is 0 Å². The van der Waals surface area contributed by atoms with Crippen molar-refractivity contribution in [2.45, 2.75) is 12.6 Å². The van der Waals surface area contributed by atoms with E-state index in [1.54, 1.807) is 11.3 Å². The summed E-state index contributed by atoms with van der Waals surface area (Å²) >= 11 is 1.54. The summed E-state index contributed by atoms with van der Waals surface area (Å²) in [4.78, 5) is 14.8. The van der Waals surface area contributed by atoms with E-state index in [1.807, 2.05) is 76.3 Å². The first kappa shape index (κ1) is 15.0. The van der Waals surface area contributed by atoms with Crippen molar-refractivity contribution >= 4 is 17.2 Å². The molecular formula is C20H17NO2S. The van der Waals surface area contributed by atoms with E-state index >= 15 is 0 Å². The quantitative estimate of drug-likeness (QED) is 0.689. The van der Waals surface area contributed by atoms with E-state index in [2.05, 4.69) is 0 Å². The maximum atomic E-state index is 12.9. The summed E-state index contributed by atoms with van der Waals surface area (Å²) in [5.74, 6) is 0.907. The van der Waals surface area contributed by atoms with Gasteiger partial charge < -0.3 is 9.64 Å². The zero-order valence-corrected chi connectivity index (χ0v) is 13.9. The van der Waals surface area contributed by atoms with Gasteiger partial charge in [0.05, 0.1) is 12.1 Å². The molecule has 4 rings (SSSR count). The monoisotopic (exact) mass is 335 g/mol. The number of fused-ring (bicyclic) bond motifs is 1. The van der Waals surface area contributed by atoms with E-state index in [-0.39, 0.29) is 12.0 Å². The molecule has 0 aliphatic carbocycles. The molecule has 24 heavy (non-hydrogen) atoms. The van der Waals surface area contributed by atoms with Gasteiger partial charge in [0.1, 0.15) is 11.9 Å². The Morgan fingerprint density at radius 3 is 2.62 bits per heavy atom. The maximum absolute atomic E-state index is 12.9. The maximum Gasteiger partial charge on any atom is 0.255 e. The first-order chi connectivity index (χ1) is 11.8. The fourth-order valence-electron chi connectivity index (χ4n) is 2.97. The number of benzene rings is 2. The molecule has 3 aromatic rings. The van der Waals surface area contributed by atoms with E-state index in [0.29, 0.717) is 13.1 Å². The predicted octanol–water partition coefficient (Wildman–Crippen LogP) is 4.52. The highest BCUT2D eigenvalue weighted by Gasteiger charge is 2.27. The van der Waals surface area contributed by atoms with Gasteiger partial charge >= 0.3 is 0 Å². The minimum atomic E-state index is -0.169. The topological polar surface area (TPSA) is 29.5 Å². The molecule has 0 spiro atoms. The summed E-state index contributed by atoms with van der Waals surface area (Å²) in [6.07, 6.45) is -0.169. The van der Waals surface area contributed by atoms with Crippen LogP contribution in [-0.4, -0.2) is 17.4 Å². The Hall–Kier alpha value is -2.59. The normalized spacial score (nSPS) is 16.8. The Morgan fingerprint density at radius 1 is 1.04 bits per heavy atom. The highest BCUT2D eigenvalue weighted by atomic mass is 32.1. The summed E-state index contributed by atoms with van der Waals surface area (Å²) in [6, 6.07) is 19.9. The molecule has 2 heterocycles. The lowest BCUT2D eigenvalue weighted by molar-refractivity contribution is 0.0678. The molecule has 0 N–H and O–H groups in total. The lowest BCUT2D eigenvalue weighted by Crippen LogP contribution is -2.33. The second kappa shape index (κ2) is 6.49. The lowest BCUT2D eigenvalue weighted by Gasteiger charge is -2.24. The molecular weight excluding hydrogens is 318 g/mol. The number of carbonyl (C=O) groups excluding carboxylic acids is 1. The molecule has 1 aliphatic rings. The molecule has 0 saturated carbocycles. The number of hydrogen-bond donors (Lipinski definition) is 0. The van der Waals surface area contributed by atoms with Gasteiger partial charge in [-0.3, -0.25) is 4.79 Å². The van der Waals surface area contributed by atoms with Crippen LogP contribution in [-0.2, 0) is 6.54 Å². The molecule has 120 valence electrons. The molecule has 1 atom stereocenters. The summed E-state index contributed by atoms with van der Waals surface area (Å²) in [6.45, 7) is 1.10. The van der Waals surface area contributed by atoms with Crippen LogP contribution in [0.4, 0.5) is 0 Å². The fourth-order valence-corrected chi connectivity index (χ4v) is 3.60. The predicted molar refractivity (Wildman–Crippen MR) is 95.3 cm³/mol. The molecule has 2 aromatic carbocycles. The molecule has 0 bridgehead atoms. The average Bonchev–Trinajstić information content (AvgIpc) is 3.09. The summed E-state index contributed by atoms with van der Waals surface area (Å²) < 4.78 is 6.25. The number of hydrogen-bond acceptors (Lipinski definition) is 3. The Kier molecular flexibility index (Phi) is 4.05. The van der Waals surface area contributed by atoms with Gasteiger partial charge in [-0.1, -0.05) is 48.5 Å². The average molecular weight is 335 g/mol. The van der Waals surface area contributed by atoms with Gasteiger partial charge in [-0.2, -0.15) is 11.3 Å². The zero-order chi connectivity index (χ0) is 16.4. The molecule has 0 fully saturated rings. The first-order valence-electron chi connectivity index (χ1n) is 7.92. The molecule has 0 unspecified atom stereocenters. The molecule has 3 nitrogen and oxygen atoms in total. The van der Waals surface area contributed by atoms with Crippen molar-refractivity contribution in [2.24, 2.45) is 0 Å². The number of thiophene rings is 1. The number of ether oxygens (including phenoxy) is 1. The van der Waals surface area contributed by atoms with Crippen LogP contribution < -0.4 is 4.74 Å². The number of para-hydroxylation sites is 1. The molecule has 1 aliphatic heterocycles. The Labute approximate surface area is 145 Å². The van der Waals surface area contributed by atoms with E-state index in [9.17, 15) is 4.79 Å². The third kappa shape index (κ3) is 2.93. The molecule has 0 radical (unpaired) electrons. The summed E-state index contributed by atoms with van der Waals surface area (Å²) in [7, 11) is 0. The third-order valence-corrected chi connectivity index (χ3v) is 4.90. The summed E-state index contributed by atoms with van der Waals surface area (Å²) in [5, 5.41) is 3.84. The fraction of sp³-hybridized carbons (Fsp3) is 0.150. The van der Waals surface area contributed by atoms with Gasteiger partial charge in [0, 0.05) is 17.5 Å². The van der Waals surface area contributed by atoms with Crippen LogP contribution in [0.1, 0.15) is 27.6 Å². The van der Waals surface area contributed by atoms with Gasteiger partial charge in [-0.15, -0.1) is 0 Å². The smallest absolute Gasteiger partial charge is 0.255 e. The minimum absolute atomic E-state index is 0.0532. The van der Waals surface area contributed by atoms with Crippen LogP contribution in [0.5, 0.6) is 5.75 Å². The first-order valence-corrected chi connectivity index (χ1v) is 8.86. The van der Waals surface area contributed by atoms with Crippen LogP contribution in [0.15, 0.2) is 71.4 Å². The number of amides is 1. The highest BCUT2D eigenvalue weighted by Crippen LogP contribution is 2.31. The number of carbonyl (C=O) groups is 1. The van der Waals surface area contributed by atoms with Gasteiger partial charge in [0.15, 0.2) is 0 Å². The highest BCUT2D eigenvalue weighted by molar-refractivity contribution is 7.08. The van der Waals surface area contributed by atoms with Crippen LogP contribution in [0.3, 0.4) is 0 Å². The van der Waals surface area contributed by atoms with Crippen molar-refractivity contribution in [2.75, 3.05) is 6.54 Å². The Morgan fingerprint density at radius 2 is 1.83 bits per heavy atom. The second-order valence-electron chi connectivity index (χ2n) is 5.82.